The number of aromatic nitrogens is 1. The highest BCUT2D eigenvalue weighted by Gasteiger charge is 2.24. The van der Waals surface area contributed by atoms with Gasteiger partial charge in [0, 0.05) is 17.1 Å². The largest absolute Gasteiger partial charge is 0.480 e. The summed E-state index contributed by atoms with van der Waals surface area (Å²) in [4.78, 5) is 16.8. The number of carboxylic acids is 1. The first-order chi connectivity index (χ1) is 6.89. The van der Waals surface area contributed by atoms with Crippen LogP contribution in [0.15, 0.2) is 11.6 Å². The Labute approximate surface area is 101 Å². The summed E-state index contributed by atoms with van der Waals surface area (Å²) in [6.45, 7) is 6.65. The zero-order valence-corrected chi connectivity index (χ0v) is 10.0. The molecule has 1 aromatic heterocycles. The van der Waals surface area contributed by atoms with Crippen LogP contribution >= 0.6 is 11.3 Å². The lowest BCUT2D eigenvalue weighted by Gasteiger charge is -2.33. The first-order valence-electron chi connectivity index (χ1n) is 4.75. The maximum Gasteiger partial charge on any atom is 0.317 e. The Morgan fingerprint density at radius 3 is 2.56 bits per heavy atom. The number of hydrogen-bond acceptors (Lipinski definition) is 4. The van der Waals surface area contributed by atoms with Crippen molar-refractivity contribution in [3.05, 3.63) is 16.6 Å². The van der Waals surface area contributed by atoms with E-state index in [9.17, 15) is 4.79 Å². The molecule has 0 aromatic carbocycles. The van der Waals surface area contributed by atoms with Crippen LogP contribution in [0.25, 0.3) is 0 Å². The minimum Gasteiger partial charge on any atom is -0.480 e. The van der Waals surface area contributed by atoms with Crippen molar-refractivity contribution in [3.63, 3.8) is 0 Å². The van der Waals surface area contributed by atoms with E-state index >= 15 is 0 Å². The summed E-state index contributed by atoms with van der Waals surface area (Å²) >= 11 is 1.55. The Bertz CT molecular complexity index is 317. The van der Waals surface area contributed by atoms with Gasteiger partial charge in [-0.2, -0.15) is 0 Å². The lowest BCUT2D eigenvalue weighted by molar-refractivity contribution is -0.139. The second kappa shape index (κ2) is 5.96. The number of rotatable bonds is 4. The summed E-state index contributed by atoms with van der Waals surface area (Å²) in [5.41, 5.74) is -0.163. The molecule has 0 unspecified atom stereocenters. The molecule has 0 radical (unpaired) electrons. The van der Waals surface area contributed by atoms with E-state index in [0.29, 0.717) is 6.54 Å². The monoisotopic (exact) mass is 244 g/mol. The van der Waals surface area contributed by atoms with Crippen LogP contribution in [-0.2, 0) is 11.3 Å². The number of thiazole rings is 1. The van der Waals surface area contributed by atoms with Crippen LogP contribution in [0, 0.1) is 0 Å². The molecule has 0 bridgehead atoms. The van der Waals surface area contributed by atoms with Crippen molar-refractivity contribution in [3.8, 4) is 0 Å². The molecule has 1 N–H and O–H groups in total. The van der Waals surface area contributed by atoms with Crippen molar-refractivity contribution in [2.75, 3.05) is 6.54 Å². The highest BCUT2D eigenvalue weighted by Crippen LogP contribution is 2.17. The van der Waals surface area contributed by atoms with Crippen LogP contribution in [0.3, 0.4) is 0 Å². The van der Waals surface area contributed by atoms with Crippen molar-refractivity contribution in [1.82, 2.24) is 9.88 Å². The molecule has 1 rings (SSSR count). The second-order valence-electron chi connectivity index (χ2n) is 4.35. The molecule has 4 nitrogen and oxygen atoms in total. The molecular formula is C11H20N2O2S. The zero-order chi connectivity index (χ0) is 11.5. The number of aliphatic carboxylic acids is 1. The van der Waals surface area contributed by atoms with Crippen LogP contribution in [0.5, 0.6) is 0 Å². The minimum atomic E-state index is -0.804. The standard InChI is InChI=1S/C10H16N2O2S.CH4/c1-10(2,3)12(7-9(13)14)6-8-11-4-5-15-8;/h4-5H,6-7H2,1-3H3,(H,13,14);1H4. The molecule has 0 saturated heterocycles. The quantitative estimate of drug-likeness (QED) is 0.884. The molecule has 0 saturated carbocycles. The molecule has 1 aromatic rings. The Morgan fingerprint density at radius 2 is 2.19 bits per heavy atom. The van der Waals surface area contributed by atoms with E-state index in [0.717, 1.165) is 5.01 Å². The van der Waals surface area contributed by atoms with Gasteiger partial charge in [0.25, 0.3) is 0 Å². The Kier molecular flexibility index (Phi) is 5.61. The summed E-state index contributed by atoms with van der Waals surface area (Å²) in [5.74, 6) is -0.804. The van der Waals surface area contributed by atoms with E-state index < -0.39 is 5.97 Å². The van der Waals surface area contributed by atoms with Gasteiger partial charge in [-0.1, -0.05) is 7.43 Å². The molecule has 16 heavy (non-hydrogen) atoms. The molecule has 0 aliphatic heterocycles. The number of carboxylic acid groups (broad SMARTS) is 1. The van der Waals surface area contributed by atoms with Crippen molar-refractivity contribution in [1.29, 1.82) is 0 Å². The van der Waals surface area contributed by atoms with E-state index in [1.54, 1.807) is 17.5 Å². The van der Waals surface area contributed by atoms with Crippen molar-refractivity contribution >= 4 is 17.3 Å². The van der Waals surface area contributed by atoms with Gasteiger partial charge in [0.05, 0.1) is 13.1 Å². The van der Waals surface area contributed by atoms with Crippen LogP contribution < -0.4 is 0 Å². The molecule has 1 heterocycles. The SMILES string of the molecule is C.CC(C)(C)N(CC(=O)O)Cc1nccs1. The fourth-order valence-electron chi connectivity index (χ4n) is 1.19. The molecule has 0 atom stereocenters. The summed E-state index contributed by atoms with van der Waals surface area (Å²) < 4.78 is 0. The van der Waals surface area contributed by atoms with E-state index in [4.69, 9.17) is 5.11 Å². The van der Waals surface area contributed by atoms with Crippen molar-refractivity contribution in [2.24, 2.45) is 0 Å². The fourth-order valence-corrected chi connectivity index (χ4v) is 1.82. The third-order valence-corrected chi connectivity index (χ3v) is 2.85. The lowest BCUT2D eigenvalue weighted by Crippen LogP contribution is -2.43. The first kappa shape index (κ1) is 15.1. The Hall–Kier alpha value is -0.940. The normalized spacial score (nSPS) is 11.2. The molecule has 0 fully saturated rings. The highest BCUT2D eigenvalue weighted by molar-refractivity contribution is 7.09. The van der Waals surface area contributed by atoms with Gasteiger partial charge in [-0.05, 0) is 20.8 Å². The Morgan fingerprint density at radius 1 is 1.56 bits per heavy atom. The molecular weight excluding hydrogens is 224 g/mol. The predicted octanol–water partition coefficient (Wildman–Crippen LogP) is 2.46. The molecule has 0 spiro atoms. The fraction of sp³-hybridized carbons (Fsp3) is 0.636. The maximum absolute atomic E-state index is 10.7. The van der Waals surface area contributed by atoms with Crippen molar-refractivity contribution in [2.45, 2.75) is 40.3 Å². The molecule has 0 aliphatic carbocycles. The third-order valence-electron chi connectivity index (χ3n) is 2.08. The van der Waals surface area contributed by atoms with Gasteiger partial charge < -0.3 is 5.11 Å². The van der Waals surface area contributed by atoms with Gasteiger partial charge in [-0.25, -0.2) is 4.98 Å². The minimum absolute atomic E-state index is 0. The summed E-state index contributed by atoms with van der Waals surface area (Å²) in [5, 5.41) is 11.7. The van der Waals surface area contributed by atoms with Gasteiger partial charge in [0.2, 0.25) is 0 Å². The van der Waals surface area contributed by atoms with Gasteiger partial charge in [0.15, 0.2) is 0 Å². The van der Waals surface area contributed by atoms with E-state index in [2.05, 4.69) is 4.98 Å². The van der Waals surface area contributed by atoms with Gasteiger partial charge >= 0.3 is 5.97 Å². The summed E-state index contributed by atoms with van der Waals surface area (Å²) in [6.07, 6.45) is 1.74. The van der Waals surface area contributed by atoms with Gasteiger partial charge in [0.1, 0.15) is 5.01 Å². The first-order valence-corrected chi connectivity index (χ1v) is 5.63. The predicted molar refractivity (Wildman–Crippen MR) is 66.6 cm³/mol. The number of carbonyl (C=O) groups is 1. The summed E-state index contributed by atoms with van der Waals surface area (Å²) in [6, 6.07) is 0. The topological polar surface area (TPSA) is 53.4 Å². The van der Waals surface area contributed by atoms with Crippen LogP contribution in [0.1, 0.15) is 33.2 Å². The maximum atomic E-state index is 10.7. The van der Waals surface area contributed by atoms with Crippen LogP contribution in [-0.4, -0.2) is 33.0 Å². The Balaban J connectivity index is 0.00000225. The van der Waals surface area contributed by atoms with Crippen LogP contribution in [0.2, 0.25) is 0 Å². The van der Waals surface area contributed by atoms with E-state index in [1.807, 2.05) is 31.1 Å². The molecule has 5 heteroatoms. The van der Waals surface area contributed by atoms with Gasteiger partial charge in [-0.3, -0.25) is 9.69 Å². The smallest absolute Gasteiger partial charge is 0.317 e. The number of hydrogen-bond donors (Lipinski definition) is 1. The molecule has 0 amide bonds. The summed E-state index contributed by atoms with van der Waals surface area (Å²) in [7, 11) is 0. The van der Waals surface area contributed by atoms with Crippen LogP contribution in [0.4, 0.5) is 0 Å². The average Bonchev–Trinajstić information content (AvgIpc) is 2.53. The molecule has 92 valence electrons. The van der Waals surface area contributed by atoms with Gasteiger partial charge in [-0.15, -0.1) is 11.3 Å². The second-order valence-corrected chi connectivity index (χ2v) is 5.33. The molecule has 0 aliphatic rings. The lowest BCUT2D eigenvalue weighted by atomic mass is 10.1. The van der Waals surface area contributed by atoms with Crippen molar-refractivity contribution < 1.29 is 9.90 Å². The number of nitrogens with zero attached hydrogens (tertiary/aromatic N) is 2. The van der Waals surface area contributed by atoms with E-state index in [1.165, 1.54) is 0 Å². The highest BCUT2D eigenvalue weighted by atomic mass is 32.1. The average molecular weight is 244 g/mol. The third kappa shape index (κ3) is 4.72. The van der Waals surface area contributed by atoms with E-state index in [-0.39, 0.29) is 19.5 Å². The zero-order valence-electron chi connectivity index (χ0n) is 9.23.